The number of hydrogen-bond donors (Lipinski definition) is 3. The lowest BCUT2D eigenvalue weighted by Crippen LogP contribution is -2.20. The molecule has 152 valence electrons. The molecular weight excluding hydrogens is 392 g/mol. The normalized spacial score (nSPS) is 12.1. The second-order valence-electron chi connectivity index (χ2n) is 7.07. The van der Waals surface area contributed by atoms with E-state index in [-0.39, 0.29) is 23.6 Å². The molecule has 3 rings (SSSR count). The number of amides is 1. The van der Waals surface area contributed by atoms with Crippen molar-refractivity contribution in [3.63, 3.8) is 0 Å². The Morgan fingerprint density at radius 2 is 1.97 bits per heavy atom. The van der Waals surface area contributed by atoms with Gasteiger partial charge in [-0.05, 0) is 39.0 Å². The van der Waals surface area contributed by atoms with Gasteiger partial charge in [0.25, 0.3) is 5.56 Å². The smallest absolute Gasteiger partial charge is 0.253 e. The van der Waals surface area contributed by atoms with Gasteiger partial charge in [-0.1, -0.05) is 11.6 Å². The molecule has 8 heteroatoms. The van der Waals surface area contributed by atoms with Crippen LogP contribution in [0, 0.1) is 0 Å². The highest BCUT2D eigenvalue weighted by atomic mass is 35.5. The SMILES string of the molecule is CC(=O)Nc1ccnc(N[C@@H](C)c2cc3cc(Cl)c(OC(C)C)cc3[nH]c2=O)c1. The van der Waals surface area contributed by atoms with Gasteiger partial charge >= 0.3 is 0 Å². The molecule has 1 aromatic carbocycles. The Morgan fingerprint density at radius 1 is 1.21 bits per heavy atom. The molecule has 2 heterocycles. The highest BCUT2D eigenvalue weighted by Crippen LogP contribution is 2.30. The zero-order valence-electron chi connectivity index (χ0n) is 16.7. The van der Waals surface area contributed by atoms with Gasteiger partial charge in [0.05, 0.1) is 22.7 Å². The molecule has 1 atom stereocenters. The van der Waals surface area contributed by atoms with E-state index < -0.39 is 0 Å². The van der Waals surface area contributed by atoms with E-state index in [0.29, 0.717) is 33.4 Å². The molecule has 1 amide bonds. The molecular formula is C21H23ClN4O3. The van der Waals surface area contributed by atoms with Crippen molar-refractivity contribution in [1.29, 1.82) is 0 Å². The number of H-pyrrole nitrogens is 1. The first-order valence-electron chi connectivity index (χ1n) is 9.26. The molecule has 7 nitrogen and oxygen atoms in total. The molecule has 0 aliphatic rings. The number of anilines is 2. The largest absolute Gasteiger partial charge is 0.489 e. The molecule has 0 saturated carbocycles. The van der Waals surface area contributed by atoms with Crippen LogP contribution in [0.15, 0.2) is 41.3 Å². The van der Waals surface area contributed by atoms with Crippen molar-refractivity contribution in [2.24, 2.45) is 0 Å². The van der Waals surface area contributed by atoms with Crippen LogP contribution in [0.2, 0.25) is 5.02 Å². The van der Waals surface area contributed by atoms with E-state index >= 15 is 0 Å². The number of benzene rings is 1. The van der Waals surface area contributed by atoms with Crippen molar-refractivity contribution < 1.29 is 9.53 Å². The van der Waals surface area contributed by atoms with E-state index in [2.05, 4.69) is 20.6 Å². The van der Waals surface area contributed by atoms with E-state index in [1.807, 2.05) is 20.8 Å². The molecule has 3 aromatic rings. The number of nitrogens with one attached hydrogen (secondary N) is 3. The third-order valence-corrected chi connectivity index (χ3v) is 4.49. The number of ether oxygens (including phenoxy) is 1. The number of fused-ring (bicyclic) bond motifs is 1. The summed E-state index contributed by atoms with van der Waals surface area (Å²) < 4.78 is 5.68. The van der Waals surface area contributed by atoms with Crippen molar-refractivity contribution in [3.8, 4) is 5.75 Å². The Labute approximate surface area is 173 Å². The van der Waals surface area contributed by atoms with Crippen molar-refractivity contribution >= 4 is 39.9 Å². The average molecular weight is 415 g/mol. The minimum Gasteiger partial charge on any atom is -0.489 e. The number of carbonyl (C=O) groups is 1. The van der Waals surface area contributed by atoms with Gasteiger partial charge in [-0.15, -0.1) is 0 Å². The Kier molecular flexibility index (Phi) is 6.08. The molecule has 2 aromatic heterocycles. The summed E-state index contributed by atoms with van der Waals surface area (Å²) in [6.45, 7) is 7.12. The van der Waals surface area contributed by atoms with Crippen LogP contribution in [0.1, 0.15) is 39.3 Å². The lowest BCUT2D eigenvalue weighted by molar-refractivity contribution is -0.114. The highest BCUT2D eigenvalue weighted by molar-refractivity contribution is 6.32. The van der Waals surface area contributed by atoms with E-state index in [4.69, 9.17) is 16.3 Å². The minimum absolute atomic E-state index is 0.0269. The lowest BCUT2D eigenvalue weighted by Gasteiger charge is -2.16. The van der Waals surface area contributed by atoms with Gasteiger partial charge in [-0.3, -0.25) is 9.59 Å². The summed E-state index contributed by atoms with van der Waals surface area (Å²) in [4.78, 5) is 31.0. The van der Waals surface area contributed by atoms with Gasteiger partial charge in [-0.25, -0.2) is 4.98 Å². The van der Waals surface area contributed by atoms with Crippen LogP contribution in [0.4, 0.5) is 11.5 Å². The van der Waals surface area contributed by atoms with Crippen molar-refractivity contribution in [2.45, 2.75) is 39.8 Å². The van der Waals surface area contributed by atoms with Gasteiger partial charge in [0.15, 0.2) is 0 Å². The maximum atomic E-state index is 12.6. The van der Waals surface area contributed by atoms with E-state index in [1.165, 1.54) is 6.92 Å². The van der Waals surface area contributed by atoms with Crippen LogP contribution in [0.5, 0.6) is 5.75 Å². The first-order valence-corrected chi connectivity index (χ1v) is 9.64. The number of halogens is 1. The van der Waals surface area contributed by atoms with Crippen LogP contribution in [0.3, 0.4) is 0 Å². The zero-order chi connectivity index (χ0) is 21.1. The maximum Gasteiger partial charge on any atom is 0.253 e. The Morgan fingerprint density at radius 3 is 2.66 bits per heavy atom. The Balaban J connectivity index is 1.90. The maximum absolute atomic E-state index is 12.6. The van der Waals surface area contributed by atoms with Gasteiger partial charge in [0.1, 0.15) is 11.6 Å². The standard InChI is InChI=1S/C21H23ClN4O3/c1-11(2)29-19-10-18-14(8-17(19)22)7-16(21(28)26-18)12(3)24-20-9-15(5-6-23-20)25-13(4)27/h5-12H,1-4H3,(H,26,28)(H2,23,24,25,27)/t12-/m0/s1. The highest BCUT2D eigenvalue weighted by Gasteiger charge is 2.14. The second kappa shape index (κ2) is 8.53. The summed E-state index contributed by atoms with van der Waals surface area (Å²) >= 11 is 6.33. The molecule has 0 aliphatic carbocycles. The van der Waals surface area contributed by atoms with Crippen LogP contribution in [0.25, 0.3) is 10.9 Å². The number of aromatic amines is 1. The number of pyridine rings is 2. The summed E-state index contributed by atoms with van der Waals surface area (Å²) in [6, 6.07) is 8.39. The number of hydrogen-bond acceptors (Lipinski definition) is 5. The molecule has 29 heavy (non-hydrogen) atoms. The van der Waals surface area contributed by atoms with Crippen molar-refractivity contribution in [3.05, 3.63) is 57.5 Å². The fourth-order valence-electron chi connectivity index (χ4n) is 2.98. The van der Waals surface area contributed by atoms with E-state index in [9.17, 15) is 9.59 Å². The monoisotopic (exact) mass is 414 g/mol. The van der Waals surface area contributed by atoms with Crippen LogP contribution in [-0.2, 0) is 4.79 Å². The third-order valence-electron chi connectivity index (χ3n) is 4.20. The molecule has 0 aliphatic heterocycles. The third kappa shape index (κ3) is 5.06. The molecule has 0 spiro atoms. The van der Waals surface area contributed by atoms with Crippen molar-refractivity contribution in [1.82, 2.24) is 9.97 Å². The second-order valence-corrected chi connectivity index (χ2v) is 7.47. The van der Waals surface area contributed by atoms with Gasteiger partial charge in [-0.2, -0.15) is 0 Å². The molecule has 3 N–H and O–H groups in total. The molecule has 0 fully saturated rings. The number of aromatic nitrogens is 2. The predicted octanol–water partition coefficient (Wildman–Crippen LogP) is 4.50. The minimum atomic E-state index is -0.325. The van der Waals surface area contributed by atoms with E-state index in [1.54, 1.807) is 36.5 Å². The topological polar surface area (TPSA) is 96.1 Å². The Bertz CT molecular complexity index is 1110. The average Bonchev–Trinajstić information content (AvgIpc) is 2.61. The fourth-order valence-corrected chi connectivity index (χ4v) is 3.20. The predicted molar refractivity (Wildman–Crippen MR) is 116 cm³/mol. The van der Waals surface area contributed by atoms with Gasteiger partial charge in [0.2, 0.25) is 5.91 Å². The summed E-state index contributed by atoms with van der Waals surface area (Å²) in [5.74, 6) is 0.906. The summed E-state index contributed by atoms with van der Waals surface area (Å²) in [6.07, 6.45) is 1.56. The van der Waals surface area contributed by atoms with Crippen LogP contribution < -0.4 is 20.9 Å². The quantitative estimate of drug-likeness (QED) is 0.552. The summed E-state index contributed by atoms with van der Waals surface area (Å²) in [7, 11) is 0. The zero-order valence-corrected chi connectivity index (χ0v) is 17.4. The first kappa shape index (κ1) is 20.7. The summed E-state index contributed by atoms with van der Waals surface area (Å²) in [5, 5.41) is 7.18. The molecule has 0 radical (unpaired) electrons. The van der Waals surface area contributed by atoms with Crippen LogP contribution in [-0.4, -0.2) is 22.0 Å². The molecule has 0 bridgehead atoms. The van der Waals surface area contributed by atoms with Crippen LogP contribution >= 0.6 is 11.6 Å². The van der Waals surface area contributed by atoms with Gasteiger partial charge < -0.3 is 20.4 Å². The number of carbonyl (C=O) groups excluding carboxylic acids is 1. The number of rotatable bonds is 6. The lowest BCUT2D eigenvalue weighted by atomic mass is 10.1. The fraction of sp³-hybridized carbons (Fsp3) is 0.286. The van der Waals surface area contributed by atoms with Crippen molar-refractivity contribution in [2.75, 3.05) is 10.6 Å². The van der Waals surface area contributed by atoms with E-state index in [0.717, 1.165) is 5.39 Å². The molecule has 0 saturated heterocycles. The number of nitrogens with zero attached hydrogens (tertiary/aromatic N) is 1. The summed E-state index contributed by atoms with van der Waals surface area (Å²) in [5.41, 5.74) is 1.60. The molecule has 0 unspecified atom stereocenters. The van der Waals surface area contributed by atoms with Gasteiger partial charge in [0, 0.05) is 41.9 Å². The Hall–Kier alpha value is -3.06. The first-order chi connectivity index (χ1) is 13.7.